The largest absolute Gasteiger partial charge is 0.500 e. The number of aromatic hydroxyl groups is 1. The van der Waals surface area contributed by atoms with E-state index in [0.717, 1.165) is 0 Å². The number of phenols is 1. The Bertz CT molecular complexity index is 526. The number of hydrogen-bond donors (Lipinski definition) is 1. The molecular weight excluding hydrogens is 266 g/mol. The number of methoxy groups -OCH3 is 1. The lowest BCUT2D eigenvalue weighted by atomic mass is 10.2. The Morgan fingerprint density at radius 1 is 1.50 bits per heavy atom. The molecule has 1 heterocycles. The van der Waals surface area contributed by atoms with Crippen LogP contribution in [0.3, 0.4) is 0 Å². The van der Waals surface area contributed by atoms with Crippen LogP contribution in [0.4, 0.5) is 5.69 Å². The zero-order chi connectivity index (χ0) is 14.5. The molecule has 1 N–H and O–H groups in total. The number of ether oxygens (including phenoxy) is 2. The third-order valence-corrected chi connectivity index (χ3v) is 2.85. The van der Waals surface area contributed by atoms with Crippen LogP contribution >= 0.6 is 0 Å². The van der Waals surface area contributed by atoms with Gasteiger partial charge in [0, 0.05) is 11.6 Å². The first-order chi connectivity index (χ1) is 9.61. The number of benzene rings is 1. The summed E-state index contributed by atoms with van der Waals surface area (Å²) in [6.45, 7) is 2.56. The van der Waals surface area contributed by atoms with Gasteiger partial charge in [-0.3, -0.25) is 15.1 Å². The highest BCUT2D eigenvalue weighted by Gasteiger charge is 2.19. The number of nitro groups is 1. The standard InChI is InChI=1S/C12H15N3O5/c1-19-11-7-9(6-10(12(11)16)15(17)18)8-13-14-2-4-20-5-3-14/h6-8,16H,2-5H2,1H3/b13-8-. The summed E-state index contributed by atoms with van der Waals surface area (Å²) >= 11 is 0. The quantitative estimate of drug-likeness (QED) is 0.502. The van der Waals surface area contributed by atoms with E-state index in [1.54, 1.807) is 0 Å². The second-order valence-corrected chi connectivity index (χ2v) is 4.16. The first kappa shape index (κ1) is 14.1. The molecule has 8 heteroatoms. The lowest BCUT2D eigenvalue weighted by Gasteiger charge is -2.23. The summed E-state index contributed by atoms with van der Waals surface area (Å²) in [6.07, 6.45) is 1.50. The van der Waals surface area contributed by atoms with Crippen molar-refractivity contribution < 1.29 is 19.5 Å². The highest BCUT2D eigenvalue weighted by molar-refractivity contribution is 5.83. The molecule has 1 aliphatic heterocycles. The predicted molar refractivity (Wildman–Crippen MR) is 71.3 cm³/mol. The molecule has 8 nitrogen and oxygen atoms in total. The van der Waals surface area contributed by atoms with Crippen molar-refractivity contribution in [2.45, 2.75) is 0 Å². The molecule has 0 unspecified atom stereocenters. The molecule has 0 radical (unpaired) electrons. The van der Waals surface area contributed by atoms with Gasteiger partial charge in [-0.2, -0.15) is 5.10 Å². The van der Waals surface area contributed by atoms with Crippen LogP contribution in [-0.2, 0) is 4.74 Å². The maximum Gasteiger partial charge on any atom is 0.315 e. The van der Waals surface area contributed by atoms with Gasteiger partial charge in [0.2, 0.25) is 5.75 Å². The number of nitrogens with zero attached hydrogens (tertiary/aromatic N) is 3. The van der Waals surface area contributed by atoms with Crippen LogP contribution in [0.5, 0.6) is 11.5 Å². The Hall–Kier alpha value is -2.35. The molecule has 0 aromatic heterocycles. The molecule has 2 rings (SSSR count). The molecule has 0 atom stereocenters. The molecule has 0 saturated carbocycles. The minimum absolute atomic E-state index is 0.0441. The van der Waals surface area contributed by atoms with Crippen LogP contribution in [0.1, 0.15) is 5.56 Å². The zero-order valence-electron chi connectivity index (χ0n) is 11.0. The average molecular weight is 281 g/mol. The van der Waals surface area contributed by atoms with Crippen molar-refractivity contribution in [2.75, 3.05) is 33.4 Å². The van der Waals surface area contributed by atoms with Crippen LogP contribution < -0.4 is 4.74 Å². The summed E-state index contributed by atoms with van der Waals surface area (Å²) < 4.78 is 10.1. The van der Waals surface area contributed by atoms with Gasteiger partial charge in [-0.05, 0) is 6.07 Å². The fraction of sp³-hybridized carbons (Fsp3) is 0.417. The zero-order valence-corrected chi connectivity index (χ0v) is 11.0. The van der Waals surface area contributed by atoms with Gasteiger partial charge in [0.15, 0.2) is 5.75 Å². The lowest BCUT2D eigenvalue weighted by molar-refractivity contribution is -0.386. The summed E-state index contributed by atoms with van der Waals surface area (Å²) in [6, 6.07) is 2.74. The molecule has 0 aliphatic carbocycles. The van der Waals surface area contributed by atoms with Gasteiger partial charge in [0.05, 0.1) is 44.6 Å². The van der Waals surface area contributed by atoms with Crippen molar-refractivity contribution in [1.82, 2.24) is 5.01 Å². The van der Waals surface area contributed by atoms with Crippen LogP contribution in [0.2, 0.25) is 0 Å². The third kappa shape index (κ3) is 3.15. The second kappa shape index (κ2) is 6.20. The van der Waals surface area contributed by atoms with Gasteiger partial charge in [-0.25, -0.2) is 0 Å². The lowest BCUT2D eigenvalue weighted by Crippen LogP contribution is -2.32. The van der Waals surface area contributed by atoms with Gasteiger partial charge in [-0.1, -0.05) is 0 Å². The summed E-state index contributed by atoms with van der Waals surface area (Å²) in [4.78, 5) is 10.2. The summed E-state index contributed by atoms with van der Waals surface area (Å²) in [5, 5.41) is 26.6. The van der Waals surface area contributed by atoms with E-state index in [4.69, 9.17) is 9.47 Å². The van der Waals surface area contributed by atoms with Crippen LogP contribution in [0.25, 0.3) is 0 Å². The van der Waals surface area contributed by atoms with E-state index in [9.17, 15) is 15.2 Å². The SMILES string of the molecule is COc1cc(/C=N\N2CCOCC2)cc([N+](=O)[O-])c1O. The minimum Gasteiger partial charge on any atom is -0.500 e. The number of nitro benzene ring substituents is 1. The Balaban J connectivity index is 2.24. The number of hydrogen-bond acceptors (Lipinski definition) is 7. The first-order valence-corrected chi connectivity index (χ1v) is 6.04. The van der Waals surface area contributed by atoms with Crippen molar-refractivity contribution in [1.29, 1.82) is 0 Å². The molecule has 1 aromatic carbocycles. The summed E-state index contributed by atoms with van der Waals surface area (Å²) in [5.74, 6) is -0.441. The van der Waals surface area contributed by atoms with E-state index in [2.05, 4.69) is 5.10 Å². The smallest absolute Gasteiger partial charge is 0.315 e. The third-order valence-electron chi connectivity index (χ3n) is 2.85. The van der Waals surface area contributed by atoms with Crippen molar-refractivity contribution in [3.63, 3.8) is 0 Å². The van der Waals surface area contributed by atoms with E-state index in [1.165, 1.54) is 25.5 Å². The summed E-state index contributed by atoms with van der Waals surface area (Å²) in [5.41, 5.74) is 0.0746. The predicted octanol–water partition coefficient (Wildman–Crippen LogP) is 0.975. The molecule has 1 saturated heterocycles. The number of rotatable bonds is 4. The van der Waals surface area contributed by atoms with Crippen LogP contribution in [0, 0.1) is 10.1 Å². The molecule has 0 bridgehead atoms. The Morgan fingerprint density at radius 3 is 2.80 bits per heavy atom. The van der Waals surface area contributed by atoms with Crippen molar-refractivity contribution >= 4 is 11.9 Å². The number of phenolic OH excluding ortho intramolecular Hbond substituents is 1. The molecule has 20 heavy (non-hydrogen) atoms. The van der Waals surface area contributed by atoms with E-state index in [1.807, 2.05) is 5.01 Å². The Kier molecular flexibility index (Phi) is 4.36. The highest BCUT2D eigenvalue weighted by atomic mass is 16.6. The van der Waals surface area contributed by atoms with Crippen molar-refractivity contribution in [3.05, 3.63) is 27.8 Å². The van der Waals surface area contributed by atoms with Crippen LogP contribution in [-0.4, -0.2) is 54.7 Å². The molecule has 0 spiro atoms. The molecular formula is C12H15N3O5. The Morgan fingerprint density at radius 2 is 2.20 bits per heavy atom. The van der Waals surface area contributed by atoms with Gasteiger partial charge < -0.3 is 14.6 Å². The summed E-state index contributed by atoms with van der Waals surface area (Å²) in [7, 11) is 1.33. The average Bonchev–Trinajstić information content (AvgIpc) is 2.47. The Labute approximate surface area is 115 Å². The molecule has 0 amide bonds. The van der Waals surface area contributed by atoms with Crippen molar-refractivity contribution in [3.8, 4) is 11.5 Å². The van der Waals surface area contributed by atoms with Gasteiger partial charge in [0.25, 0.3) is 0 Å². The second-order valence-electron chi connectivity index (χ2n) is 4.16. The van der Waals surface area contributed by atoms with Gasteiger partial charge in [0.1, 0.15) is 0 Å². The minimum atomic E-state index is -0.663. The van der Waals surface area contributed by atoms with Crippen LogP contribution in [0.15, 0.2) is 17.2 Å². The van der Waals surface area contributed by atoms with Gasteiger partial charge in [-0.15, -0.1) is 0 Å². The normalized spacial score (nSPS) is 15.6. The van der Waals surface area contributed by atoms with E-state index >= 15 is 0 Å². The first-order valence-electron chi connectivity index (χ1n) is 6.04. The maximum absolute atomic E-state index is 10.9. The fourth-order valence-corrected chi connectivity index (χ4v) is 1.80. The molecule has 1 aliphatic rings. The topological polar surface area (TPSA) is 97.4 Å². The maximum atomic E-state index is 10.9. The van der Waals surface area contributed by atoms with E-state index < -0.39 is 16.4 Å². The molecule has 1 aromatic rings. The monoisotopic (exact) mass is 281 g/mol. The van der Waals surface area contributed by atoms with Crippen molar-refractivity contribution in [2.24, 2.45) is 5.10 Å². The van der Waals surface area contributed by atoms with Gasteiger partial charge >= 0.3 is 5.69 Å². The fourth-order valence-electron chi connectivity index (χ4n) is 1.80. The molecule has 1 fully saturated rings. The van der Waals surface area contributed by atoms with E-state index in [0.29, 0.717) is 31.9 Å². The molecule has 108 valence electrons. The number of morpholine rings is 1. The highest BCUT2D eigenvalue weighted by Crippen LogP contribution is 2.36. The van der Waals surface area contributed by atoms with E-state index in [-0.39, 0.29) is 5.75 Å². The number of hydrazone groups is 1.